The van der Waals surface area contributed by atoms with E-state index in [1.807, 2.05) is 36.4 Å². The lowest BCUT2D eigenvalue weighted by molar-refractivity contribution is 0.463. The van der Waals surface area contributed by atoms with Gasteiger partial charge in [-0.1, -0.05) is 12.1 Å². The number of hydrogen-bond donors (Lipinski definition) is 2. The number of aromatic nitrogens is 1. The Bertz CT molecular complexity index is 772. The second kappa shape index (κ2) is 6.17. The molecule has 0 saturated carbocycles. The number of hydrogen-bond acceptors (Lipinski definition) is 4. The number of nitrogens with two attached hydrogens (primary N) is 1. The van der Waals surface area contributed by atoms with Crippen LogP contribution in [0.25, 0.3) is 10.9 Å². The third-order valence-corrected chi connectivity index (χ3v) is 4.04. The Morgan fingerprint density at radius 2 is 2.10 bits per heavy atom. The standard InChI is InChI=1S/C15H13Br2N3O/c16-10-6-9-2-1-3-11(15(9)19-8-10)20-12(7-18)13-4-5-14(17)21-13/h1-6,8,12,20H,7,18H2. The zero-order valence-electron chi connectivity index (χ0n) is 11.0. The van der Waals surface area contributed by atoms with Gasteiger partial charge in [-0.15, -0.1) is 0 Å². The summed E-state index contributed by atoms with van der Waals surface area (Å²) in [5.74, 6) is 0.790. The number of para-hydroxylation sites is 1. The molecule has 0 spiro atoms. The zero-order chi connectivity index (χ0) is 14.8. The Morgan fingerprint density at radius 3 is 2.81 bits per heavy atom. The fraction of sp³-hybridized carbons (Fsp3) is 0.133. The van der Waals surface area contributed by atoms with Crippen LogP contribution < -0.4 is 11.1 Å². The van der Waals surface area contributed by atoms with Gasteiger partial charge in [0.2, 0.25) is 0 Å². The molecule has 0 radical (unpaired) electrons. The summed E-state index contributed by atoms with van der Waals surface area (Å²) in [5.41, 5.74) is 7.70. The van der Waals surface area contributed by atoms with Crippen molar-refractivity contribution in [3.63, 3.8) is 0 Å². The molecule has 6 heteroatoms. The van der Waals surface area contributed by atoms with Gasteiger partial charge in [0.05, 0.1) is 17.2 Å². The summed E-state index contributed by atoms with van der Waals surface area (Å²) in [4.78, 5) is 4.48. The van der Waals surface area contributed by atoms with Gasteiger partial charge in [-0.25, -0.2) is 0 Å². The molecule has 2 heterocycles. The number of anilines is 1. The number of benzene rings is 1. The van der Waals surface area contributed by atoms with E-state index < -0.39 is 0 Å². The average molecular weight is 411 g/mol. The molecule has 3 aromatic rings. The van der Waals surface area contributed by atoms with Crippen molar-refractivity contribution in [1.82, 2.24) is 4.98 Å². The molecule has 21 heavy (non-hydrogen) atoms. The number of pyridine rings is 1. The predicted octanol–water partition coefficient (Wildman–Crippen LogP) is 4.46. The minimum Gasteiger partial charge on any atom is -0.452 e. The minimum absolute atomic E-state index is 0.104. The van der Waals surface area contributed by atoms with Gasteiger partial charge in [0, 0.05) is 22.6 Å². The lowest BCUT2D eigenvalue weighted by Crippen LogP contribution is -2.20. The van der Waals surface area contributed by atoms with E-state index in [-0.39, 0.29) is 6.04 Å². The zero-order valence-corrected chi connectivity index (χ0v) is 14.2. The number of halogens is 2. The van der Waals surface area contributed by atoms with Crippen molar-refractivity contribution in [2.24, 2.45) is 5.73 Å². The number of furan rings is 1. The van der Waals surface area contributed by atoms with E-state index >= 15 is 0 Å². The lowest BCUT2D eigenvalue weighted by Gasteiger charge is -2.17. The summed E-state index contributed by atoms with van der Waals surface area (Å²) in [6.07, 6.45) is 1.79. The molecule has 3 rings (SSSR count). The van der Waals surface area contributed by atoms with Crippen LogP contribution in [0.4, 0.5) is 5.69 Å². The first-order valence-electron chi connectivity index (χ1n) is 6.43. The number of nitrogens with zero attached hydrogens (tertiary/aromatic N) is 1. The summed E-state index contributed by atoms with van der Waals surface area (Å²) in [5, 5.41) is 4.46. The van der Waals surface area contributed by atoms with Crippen molar-refractivity contribution in [3.05, 3.63) is 57.5 Å². The van der Waals surface area contributed by atoms with Gasteiger partial charge >= 0.3 is 0 Å². The highest BCUT2D eigenvalue weighted by Gasteiger charge is 2.15. The Labute approximate surface area is 139 Å². The molecule has 0 aliphatic rings. The highest BCUT2D eigenvalue weighted by Crippen LogP contribution is 2.28. The molecule has 1 aromatic carbocycles. The van der Waals surface area contributed by atoms with Gasteiger partial charge in [0.15, 0.2) is 4.67 Å². The lowest BCUT2D eigenvalue weighted by atomic mass is 10.1. The predicted molar refractivity (Wildman–Crippen MR) is 91.3 cm³/mol. The number of rotatable bonds is 4. The van der Waals surface area contributed by atoms with Crippen LogP contribution in [-0.4, -0.2) is 11.5 Å². The molecular formula is C15H13Br2N3O. The summed E-state index contributed by atoms with van der Waals surface area (Å²) < 4.78 is 7.23. The summed E-state index contributed by atoms with van der Waals surface area (Å²) in [7, 11) is 0. The van der Waals surface area contributed by atoms with E-state index in [2.05, 4.69) is 42.2 Å². The highest BCUT2D eigenvalue weighted by molar-refractivity contribution is 9.10. The van der Waals surface area contributed by atoms with Crippen molar-refractivity contribution < 1.29 is 4.42 Å². The van der Waals surface area contributed by atoms with Crippen LogP contribution in [0, 0.1) is 0 Å². The monoisotopic (exact) mass is 409 g/mol. The first kappa shape index (κ1) is 14.6. The molecular weight excluding hydrogens is 398 g/mol. The largest absolute Gasteiger partial charge is 0.452 e. The van der Waals surface area contributed by atoms with Gasteiger partial charge in [-0.05, 0) is 56.1 Å². The Balaban J connectivity index is 1.96. The molecule has 1 unspecified atom stereocenters. The fourth-order valence-corrected chi connectivity index (χ4v) is 2.87. The van der Waals surface area contributed by atoms with E-state index in [0.717, 1.165) is 26.8 Å². The fourth-order valence-electron chi connectivity index (χ4n) is 2.20. The van der Waals surface area contributed by atoms with Crippen LogP contribution in [0.5, 0.6) is 0 Å². The summed E-state index contributed by atoms with van der Waals surface area (Å²) >= 11 is 6.75. The normalized spacial score (nSPS) is 12.5. The maximum absolute atomic E-state index is 5.86. The van der Waals surface area contributed by atoms with Crippen molar-refractivity contribution in [1.29, 1.82) is 0 Å². The van der Waals surface area contributed by atoms with Crippen LogP contribution >= 0.6 is 31.9 Å². The van der Waals surface area contributed by atoms with Crippen molar-refractivity contribution in [3.8, 4) is 0 Å². The van der Waals surface area contributed by atoms with Crippen LogP contribution in [0.15, 0.2) is 56.2 Å². The molecule has 1 atom stereocenters. The van der Waals surface area contributed by atoms with E-state index in [1.165, 1.54) is 0 Å². The maximum Gasteiger partial charge on any atom is 0.169 e. The smallest absolute Gasteiger partial charge is 0.169 e. The molecule has 0 saturated heterocycles. The van der Waals surface area contributed by atoms with E-state index in [0.29, 0.717) is 11.2 Å². The SMILES string of the molecule is NCC(Nc1cccc2cc(Br)cnc12)c1ccc(Br)o1. The molecule has 108 valence electrons. The molecule has 0 aliphatic heterocycles. The quantitative estimate of drug-likeness (QED) is 0.666. The van der Waals surface area contributed by atoms with Crippen molar-refractivity contribution >= 4 is 48.5 Å². The molecule has 2 aromatic heterocycles. The van der Waals surface area contributed by atoms with E-state index in [1.54, 1.807) is 6.20 Å². The van der Waals surface area contributed by atoms with Crippen LogP contribution in [0.3, 0.4) is 0 Å². The van der Waals surface area contributed by atoms with Gasteiger partial charge < -0.3 is 15.5 Å². The van der Waals surface area contributed by atoms with Gasteiger partial charge in [-0.2, -0.15) is 0 Å². The second-order valence-corrected chi connectivity index (χ2v) is 6.30. The first-order valence-corrected chi connectivity index (χ1v) is 8.02. The van der Waals surface area contributed by atoms with Crippen LogP contribution in [0.1, 0.15) is 11.8 Å². The molecule has 0 amide bonds. The Morgan fingerprint density at radius 1 is 1.24 bits per heavy atom. The third kappa shape index (κ3) is 3.12. The van der Waals surface area contributed by atoms with Crippen molar-refractivity contribution in [2.75, 3.05) is 11.9 Å². The first-order chi connectivity index (χ1) is 10.2. The van der Waals surface area contributed by atoms with Crippen molar-refractivity contribution in [2.45, 2.75) is 6.04 Å². The average Bonchev–Trinajstić information content (AvgIpc) is 2.90. The van der Waals surface area contributed by atoms with Gasteiger partial charge in [0.25, 0.3) is 0 Å². The molecule has 0 fully saturated rings. The highest BCUT2D eigenvalue weighted by atomic mass is 79.9. The minimum atomic E-state index is -0.104. The van der Waals surface area contributed by atoms with Gasteiger partial charge in [0.1, 0.15) is 5.76 Å². The maximum atomic E-state index is 5.86. The molecule has 0 bridgehead atoms. The molecule has 3 N–H and O–H groups in total. The second-order valence-electron chi connectivity index (χ2n) is 4.61. The summed E-state index contributed by atoms with van der Waals surface area (Å²) in [6.45, 7) is 0.423. The van der Waals surface area contributed by atoms with Crippen LogP contribution in [0.2, 0.25) is 0 Å². The van der Waals surface area contributed by atoms with E-state index in [9.17, 15) is 0 Å². The number of fused-ring (bicyclic) bond motifs is 1. The topological polar surface area (TPSA) is 64.1 Å². The van der Waals surface area contributed by atoms with E-state index in [4.69, 9.17) is 10.2 Å². The summed E-state index contributed by atoms with van der Waals surface area (Å²) in [6, 6.07) is 11.7. The Hall–Kier alpha value is -1.37. The Kier molecular flexibility index (Phi) is 4.28. The third-order valence-electron chi connectivity index (χ3n) is 3.18. The van der Waals surface area contributed by atoms with Crippen LogP contribution in [-0.2, 0) is 0 Å². The number of nitrogens with one attached hydrogen (secondary N) is 1. The molecule has 4 nitrogen and oxygen atoms in total. The van der Waals surface area contributed by atoms with Gasteiger partial charge in [-0.3, -0.25) is 4.98 Å². The molecule has 0 aliphatic carbocycles.